The predicted molar refractivity (Wildman–Crippen MR) is 122 cm³/mol. The van der Waals surface area contributed by atoms with E-state index in [4.69, 9.17) is 0 Å². The third kappa shape index (κ3) is 5.11. The van der Waals surface area contributed by atoms with Crippen LogP contribution < -0.4 is 10.1 Å². The summed E-state index contributed by atoms with van der Waals surface area (Å²) in [4.78, 5) is 20.0. The molecule has 36 heavy (non-hydrogen) atoms. The van der Waals surface area contributed by atoms with Crippen molar-refractivity contribution in [2.75, 3.05) is 5.32 Å². The Morgan fingerprint density at radius 1 is 1.17 bits per heavy atom. The van der Waals surface area contributed by atoms with Gasteiger partial charge in [-0.25, -0.2) is 14.8 Å². The lowest BCUT2D eigenvalue weighted by Crippen LogP contribution is -2.17. The van der Waals surface area contributed by atoms with Crippen LogP contribution in [0.5, 0.6) is 5.75 Å². The average Bonchev–Trinajstić information content (AvgIpc) is 3.17. The molecular formula is C24H19F4N5O3. The Balaban J connectivity index is 1.92. The van der Waals surface area contributed by atoms with E-state index in [-0.39, 0.29) is 11.5 Å². The lowest BCUT2D eigenvalue weighted by Gasteiger charge is -2.16. The minimum Gasteiger partial charge on any atom is -0.478 e. The molecule has 4 aromatic rings. The topological polar surface area (TPSA) is 102 Å². The Bertz CT molecular complexity index is 1420. The van der Waals surface area contributed by atoms with Gasteiger partial charge in [0.25, 0.3) is 0 Å². The first-order chi connectivity index (χ1) is 17.1. The molecule has 1 aromatic carbocycles. The number of nitrogens with zero attached hydrogens (tertiary/aromatic N) is 4. The second kappa shape index (κ2) is 9.64. The summed E-state index contributed by atoms with van der Waals surface area (Å²) in [5, 5.41) is 17.3. The number of hydrogen-bond donors (Lipinski definition) is 2. The number of anilines is 2. The Labute approximate surface area is 202 Å². The highest BCUT2D eigenvalue weighted by molar-refractivity contribution is 5.96. The summed E-state index contributed by atoms with van der Waals surface area (Å²) >= 11 is 0. The van der Waals surface area contributed by atoms with Gasteiger partial charge < -0.3 is 15.2 Å². The maximum Gasteiger partial charge on any atom is 0.573 e. The third-order valence-corrected chi connectivity index (χ3v) is 5.20. The van der Waals surface area contributed by atoms with E-state index in [0.29, 0.717) is 29.1 Å². The van der Waals surface area contributed by atoms with Crippen molar-refractivity contribution in [2.45, 2.75) is 26.6 Å². The summed E-state index contributed by atoms with van der Waals surface area (Å²) in [5.74, 6) is -2.14. The highest BCUT2D eigenvalue weighted by atomic mass is 19.4. The van der Waals surface area contributed by atoms with Crippen LogP contribution >= 0.6 is 0 Å². The molecule has 0 aliphatic carbocycles. The van der Waals surface area contributed by atoms with Gasteiger partial charge in [0.15, 0.2) is 5.82 Å². The van der Waals surface area contributed by atoms with Crippen molar-refractivity contribution < 1.29 is 32.2 Å². The summed E-state index contributed by atoms with van der Waals surface area (Å²) in [6.07, 6.45) is -1.67. The Morgan fingerprint density at radius 2 is 1.94 bits per heavy atom. The second-order valence-electron chi connectivity index (χ2n) is 7.63. The zero-order chi connectivity index (χ0) is 26.0. The fraction of sp³-hybridized carbons (Fsp3) is 0.167. The number of aromatic carboxylic acids is 1. The summed E-state index contributed by atoms with van der Waals surface area (Å²) < 4.78 is 56.9. The van der Waals surface area contributed by atoms with Crippen molar-refractivity contribution in [3.05, 3.63) is 77.6 Å². The molecule has 0 saturated heterocycles. The molecular weight excluding hydrogens is 482 g/mol. The molecule has 0 aliphatic rings. The molecule has 8 nitrogen and oxygen atoms in total. The Morgan fingerprint density at radius 3 is 2.56 bits per heavy atom. The average molecular weight is 501 g/mol. The first-order valence-corrected chi connectivity index (χ1v) is 10.6. The third-order valence-electron chi connectivity index (χ3n) is 5.20. The monoisotopic (exact) mass is 501 g/mol. The minimum absolute atomic E-state index is 0.0225. The standard InChI is InChI=1S/C24H19F4N5O3/c1-3-17-20(14-6-9-19(25)30-12-14)22(33(32-17)21-13(2)5-4-10-29-21)31-18-8-7-15(36-24(26,27)28)11-16(18)23(34)35/h4-12,31H,3H2,1-2H3,(H,34,35). The number of pyridine rings is 2. The van der Waals surface area contributed by atoms with Crippen LogP contribution in [0.4, 0.5) is 29.1 Å². The van der Waals surface area contributed by atoms with Gasteiger partial charge in [0.1, 0.15) is 11.6 Å². The number of aryl methyl sites for hydroxylation is 2. The van der Waals surface area contributed by atoms with E-state index in [1.807, 2.05) is 19.9 Å². The van der Waals surface area contributed by atoms with Gasteiger partial charge in [-0.05, 0) is 55.3 Å². The number of carbonyl (C=O) groups is 1. The van der Waals surface area contributed by atoms with E-state index in [0.717, 1.165) is 23.8 Å². The zero-order valence-corrected chi connectivity index (χ0v) is 19.0. The molecule has 0 unspecified atom stereocenters. The zero-order valence-electron chi connectivity index (χ0n) is 19.0. The minimum atomic E-state index is -4.99. The molecule has 0 amide bonds. The number of carboxylic acid groups (broad SMARTS) is 1. The van der Waals surface area contributed by atoms with E-state index >= 15 is 0 Å². The van der Waals surface area contributed by atoms with Crippen LogP contribution in [0.15, 0.2) is 54.9 Å². The Hall–Kier alpha value is -4.48. The Kier molecular flexibility index (Phi) is 6.60. The number of benzene rings is 1. The largest absolute Gasteiger partial charge is 0.573 e. The molecule has 4 rings (SSSR count). The second-order valence-corrected chi connectivity index (χ2v) is 7.63. The number of aromatic nitrogens is 4. The van der Waals surface area contributed by atoms with Gasteiger partial charge in [-0.15, -0.1) is 13.2 Å². The van der Waals surface area contributed by atoms with Crippen molar-refractivity contribution >= 4 is 17.5 Å². The van der Waals surface area contributed by atoms with Gasteiger partial charge in [0.05, 0.1) is 16.9 Å². The van der Waals surface area contributed by atoms with Gasteiger partial charge in [0, 0.05) is 23.5 Å². The fourth-order valence-electron chi connectivity index (χ4n) is 3.64. The molecule has 0 atom stereocenters. The number of nitrogens with one attached hydrogen (secondary N) is 1. The van der Waals surface area contributed by atoms with Gasteiger partial charge in [0.2, 0.25) is 5.95 Å². The molecule has 0 fully saturated rings. The van der Waals surface area contributed by atoms with Gasteiger partial charge in [-0.2, -0.15) is 14.2 Å². The predicted octanol–water partition coefficient (Wildman–Crippen LogP) is 5.68. The van der Waals surface area contributed by atoms with Crippen LogP contribution in [0.3, 0.4) is 0 Å². The molecule has 0 aliphatic heterocycles. The van der Waals surface area contributed by atoms with E-state index in [1.54, 1.807) is 12.3 Å². The highest BCUT2D eigenvalue weighted by Gasteiger charge is 2.32. The van der Waals surface area contributed by atoms with Crippen molar-refractivity contribution in [1.82, 2.24) is 19.7 Å². The number of hydrogen-bond acceptors (Lipinski definition) is 6. The first-order valence-electron chi connectivity index (χ1n) is 10.6. The van der Waals surface area contributed by atoms with Gasteiger partial charge in [-0.1, -0.05) is 13.0 Å². The fourth-order valence-corrected chi connectivity index (χ4v) is 3.64. The smallest absolute Gasteiger partial charge is 0.478 e. The molecule has 12 heteroatoms. The van der Waals surface area contributed by atoms with Crippen molar-refractivity contribution in [1.29, 1.82) is 0 Å². The molecule has 0 saturated carbocycles. The lowest BCUT2D eigenvalue weighted by atomic mass is 10.1. The number of carboxylic acids is 1. The van der Waals surface area contributed by atoms with Crippen LogP contribution in [-0.4, -0.2) is 37.2 Å². The summed E-state index contributed by atoms with van der Waals surface area (Å²) in [6, 6.07) is 9.14. The summed E-state index contributed by atoms with van der Waals surface area (Å²) in [7, 11) is 0. The van der Waals surface area contributed by atoms with Crippen LogP contribution in [0.25, 0.3) is 16.9 Å². The van der Waals surface area contributed by atoms with Crippen LogP contribution in [-0.2, 0) is 6.42 Å². The van der Waals surface area contributed by atoms with Crippen molar-refractivity contribution in [3.8, 4) is 22.7 Å². The molecule has 186 valence electrons. The van der Waals surface area contributed by atoms with Crippen molar-refractivity contribution in [3.63, 3.8) is 0 Å². The lowest BCUT2D eigenvalue weighted by molar-refractivity contribution is -0.274. The SMILES string of the molecule is CCc1nn(-c2ncccc2C)c(Nc2ccc(OC(F)(F)F)cc2C(=O)O)c1-c1ccc(F)nc1. The molecule has 0 spiro atoms. The normalized spacial score (nSPS) is 11.4. The summed E-state index contributed by atoms with van der Waals surface area (Å²) in [5.41, 5.74) is 1.83. The summed E-state index contributed by atoms with van der Waals surface area (Å²) in [6.45, 7) is 3.67. The quantitative estimate of drug-likeness (QED) is 0.248. The molecule has 3 heterocycles. The van der Waals surface area contributed by atoms with E-state index in [1.165, 1.54) is 23.0 Å². The first kappa shape index (κ1) is 24.6. The molecule has 3 aromatic heterocycles. The maximum absolute atomic E-state index is 13.5. The van der Waals surface area contributed by atoms with E-state index in [9.17, 15) is 27.5 Å². The van der Waals surface area contributed by atoms with E-state index in [2.05, 4.69) is 25.1 Å². The number of alkyl halides is 3. The molecule has 0 bridgehead atoms. The number of rotatable bonds is 7. The van der Waals surface area contributed by atoms with E-state index < -0.39 is 29.6 Å². The molecule has 0 radical (unpaired) electrons. The number of ether oxygens (including phenoxy) is 1. The maximum atomic E-state index is 13.5. The van der Waals surface area contributed by atoms with Crippen LogP contribution in [0.2, 0.25) is 0 Å². The van der Waals surface area contributed by atoms with Gasteiger partial charge >= 0.3 is 12.3 Å². The molecule has 2 N–H and O–H groups in total. The number of halogens is 4. The highest BCUT2D eigenvalue weighted by Crippen LogP contribution is 2.37. The van der Waals surface area contributed by atoms with Crippen LogP contribution in [0, 0.1) is 12.9 Å². The van der Waals surface area contributed by atoms with Crippen LogP contribution in [0.1, 0.15) is 28.5 Å². The van der Waals surface area contributed by atoms with Crippen molar-refractivity contribution in [2.24, 2.45) is 0 Å². The van der Waals surface area contributed by atoms with Gasteiger partial charge in [-0.3, -0.25) is 0 Å².